The summed E-state index contributed by atoms with van der Waals surface area (Å²) >= 11 is 3.41. The molecule has 2 amide bonds. The number of sulfonamides is 1. The maximum absolute atomic E-state index is 13.8. The summed E-state index contributed by atoms with van der Waals surface area (Å²) in [6.07, 6.45) is 0. The molecule has 196 valence electrons. The summed E-state index contributed by atoms with van der Waals surface area (Å²) < 4.78 is 29.5. The van der Waals surface area contributed by atoms with Crippen LogP contribution in [0.15, 0.2) is 82.2 Å². The van der Waals surface area contributed by atoms with Crippen molar-refractivity contribution in [2.75, 3.05) is 17.4 Å². The molecule has 0 unspecified atom stereocenters. The van der Waals surface area contributed by atoms with Crippen LogP contribution >= 0.6 is 15.9 Å². The van der Waals surface area contributed by atoms with E-state index in [2.05, 4.69) is 21.2 Å². The summed E-state index contributed by atoms with van der Waals surface area (Å²) in [5, 5.41) is 2.76. The second-order valence-electron chi connectivity index (χ2n) is 8.81. The summed E-state index contributed by atoms with van der Waals surface area (Å²) in [6, 6.07) is 19.9. The first-order valence-corrected chi connectivity index (χ1v) is 14.2. The van der Waals surface area contributed by atoms with Crippen LogP contribution in [0.3, 0.4) is 0 Å². The van der Waals surface area contributed by atoms with Gasteiger partial charge in [-0.2, -0.15) is 0 Å². The van der Waals surface area contributed by atoms with Crippen LogP contribution in [0.5, 0.6) is 0 Å². The zero-order valence-electron chi connectivity index (χ0n) is 21.4. The van der Waals surface area contributed by atoms with E-state index in [1.165, 1.54) is 17.0 Å². The van der Waals surface area contributed by atoms with Gasteiger partial charge in [-0.15, -0.1) is 0 Å². The monoisotopic (exact) mass is 585 g/mol. The molecule has 1 atom stereocenters. The van der Waals surface area contributed by atoms with Crippen LogP contribution in [0.2, 0.25) is 0 Å². The van der Waals surface area contributed by atoms with Crippen LogP contribution in [0.1, 0.15) is 30.5 Å². The number of halogens is 1. The van der Waals surface area contributed by atoms with E-state index in [4.69, 9.17) is 0 Å². The molecule has 3 aromatic rings. The van der Waals surface area contributed by atoms with E-state index >= 15 is 0 Å². The molecule has 0 aromatic heterocycles. The van der Waals surface area contributed by atoms with E-state index in [9.17, 15) is 18.0 Å². The molecule has 3 aromatic carbocycles. The van der Waals surface area contributed by atoms with Gasteiger partial charge in [0.25, 0.3) is 10.0 Å². The van der Waals surface area contributed by atoms with E-state index in [-0.39, 0.29) is 17.3 Å². The Morgan fingerprint density at radius 2 is 1.59 bits per heavy atom. The van der Waals surface area contributed by atoms with Gasteiger partial charge >= 0.3 is 0 Å². The Morgan fingerprint density at radius 1 is 0.946 bits per heavy atom. The van der Waals surface area contributed by atoms with Crippen molar-refractivity contribution in [1.82, 2.24) is 10.2 Å². The Labute approximate surface area is 227 Å². The number of carbonyl (C=O) groups excluding carboxylic acids is 2. The number of rotatable bonds is 10. The number of hydrogen-bond acceptors (Lipinski definition) is 4. The van der Waals surface area contributed by atoms with Crippen molar-refractivity contribution in [3.05, 3.63) is 94.0 Å². The molecule has 0 aliphatic rings. The van der Waals surface area contributed by atoms with Crippen LogP contribution in [-0.4, -0.2) is 44.3 Å². The minimum Gasteiger partial charge on any atom is -0.355 e. The number of nitrogens with one attached hydrogen (secondary N) is 1. The fourth-order valence-electron chi connectivity index (χ4n) is 3.82. The first-order valence-electron chi connectivity index (χ1n) is 12.0. The summed E-state index contributed by atoms with van der Waals surface area (Å²) in [7, 11) is -4.07. The number of hydrogen-bond donors (Lipinski definition) is 1. The standard InChI is InChI=1S/C28H32BrN3O4S/c1-5-30-28(34)22(4)31(18-23-12-14-24(29)15-13-23)27(33)19-32(25-16-11-20(2)21(3)17-25)37(35,36)26-9-7-6-8-10-26/h6-17,22H,5,18-19H2,1-4H3,(H,30,34)/t22-/m0/s1. The number of anilines is 1. The third kappa shape index (κ3) is 6.99. The van der Waals surface area contributed by atoms with E-state index in [1.807, 2.05) is 44.2 Å². The van der Waals surface area contributed by atoms with Crippen molar-refractivity contribution in [3.8, 4) is 0 Å². The van der Waals surface area contributed by atoms with Crippen molar-refractivity contribution < 1.29 is 18.0 Å². The van der Waals surface area contributed by atoms with Gasteiger partial charge in [0.2, 0.25) is 11.8 Å². The Hall–Kier alpha value is -3.17. The molecule has 0 aliphatic carbocycles. The average molecular weight is 587 g/mol. The third-order valence-corrected chi connectivity index (χ3v) is 8.49. The van der Waals surface area contributed by atoms with Crippen LogP contribution in [0, 0.1) is 13.8 Å². The molecule has 0 spiro atoms. The molecule has 3 rings (SSSR count). The van der Waals surface area contributed by atoms with Crippen LogP contribution in [-0.2, 0) is 26.2 Å². The van der Waals surface area contributed by atoms with Crippen molar-refractivity contribution >= 4 is 43.5 Å². The second kappa shape index (κ2) is 12.4. The van der Waals surface area contributed by atoms with E-state index in [0.717, 1.165) is 25.5 Å². The Morgan fingerprint density at radius 3 is 2.19 bits per heavy atom. The van der Waals surface area contributed by atoms with E-state index in [0.29, 0.717) is 12.2 Å². The third-order valence-electron chi connectivity index (χ3n) is 6.17. The molecule has 0 fully saturated rings. The summed E-state index contributed by atoms with van der Waals surface area (Å²) in [6.45, 7) is 7.39. The summed E-state index contributed by atoms with van der Waals surface area (Å²) in [5.74, 6) is -0.795. The SMILES string of the molecule is CCNC(=O)[C@H](C)N(Cc1ccc(Br)cc1)C(=O)CN(c1ccc(C)c(C)c1)S(=O)(=O)c1ccccc1. The molecule has 0 saturated carbocycles. The van der Waals surface area contributed by atoms with Gasteiger partial charge in [-0.05, 0) is 80.8 Å². The Bertz CT molecular complexity index is 1350. The van der Waals surface area contributed by atoms with Crippen molar-refractivity contribution in [1.29, 1.82) is 0 Å². The maximum atomic E-state index is 13.8. The number of amides is 2. The molecule has 0 saturated heterocycles. The minimum atomic E-state index is -4.07. The largest absolute Gasteiger partial charge is 0.355 e. The highest BCUT2D eigenvalue weighted by Crippen LogP contribution is 2.26. The fourth-order valence-corrected chi connectivity index (χ4v) is 5.51. The van der Waals surface area contributed by atoms with Crippen molar-refractivity contribution in [3.63, 3.8) is 0 Å². The molecule has 9 heteroatoms. The zero-order valence-corrected chi connectivity index (χ0v) is 23.8. The predicted octanol–water partition coefficient (Wildman–Crippen LogP) is 4.81. The highest BCUT2D eigenvalue weighted by molar-refractivity contribution is 9.10. The normalized spacial score (nSPS) is 12.0. The van der Waals surface area contributed by atoms with Crippen molar-refractivity contribution in [2.24, 2.45) is 0 Å². The van der Waals surface area contributed by atoms with E-state index in [1.54, 1.807) is 44.2 Å². The van der Waals surface area contributed by atoms with Gasteiger partial charge in [-0.25, -0.2) is 8.42 Å². The first kappa shape index (κ1) is 28.4. The highest BCUT2D eigenvalue weighted by atomic mass is 79.9. The van der Waals surface area contributed by atoms with Crippen LogP contribution in [0.4, 0.5) is 5.69 Å². The molecular formula is C28H32BrN3O4S. The lowest BCUT2D eigenvalue weighted by Gasteiger charge is -2.32. The van der Waals surface area contributed by atoms with Crippen LogP contribution in [0.25, 0.3) is 0 Å². The van der Waals surface area contributed by atoms with Gasteiger partial charge < -0.3 is 10.2 Å². The molecule has 0 aliphatic heterocycles. The lowest BCUT2D eigenvalue weighted by atomic mass is 10.1. The highest BCUT2D eigenvalue weighted by Gasteiger charge is 2.32. The lowest BCUT2D eigenvalue weighted by molar-refractivity contribution is -0.139. The topological polar surface area (TPSA) is 86.8 Å². The minimum absolute atomic E-state index is 0.0808. The predicted molar refractivity (Wildman–Crippen MR) is 150 cm³/mol. The molecule has 1 N–H and O–H groups in total. The van der Waals surface area contributed by atoms with Gasteiger partial charge in [0.15, 0.2) is 0 Å². The lowest BCUT2D eigenvalue weighted by Crippen LogP contribution is -2.51. The first-order chi connectivity index (χ1) is 17.5. The number of benzene rings is 3. The Balaban J connectivity index is 2.03. The zero-order chi connectivity index (χ0) is 27.2. The summed E-state index contributed by atoms with van der Waals surface area (Å²) in [4.78, 5) is 28.1. The van der Waals surface area contributed by atoms with Gasteiger partial charge in [0.05, 0.1) is 10.6 Å². The Kier molecular flexibility index (Phi) is 9.50. The summed E-state index contributed by atoms with van der Waals surface area (Å²) in [5.41, 5.74) is 3.11. The van der Waals surface area contributed by atoms with Gasteiger partial charge in [0, 0.05) is 17.6 Å². The fraction of sp³-hybridized carbons (Fsp3) is 0.286. The van der Waals surface area contributed by atoms with E-state index < -0.39 is 28.5 Å². The second-order valence-corrected chi connectivity index (χ2v) is 11.6. The molecule has 7 nitrogen and oxygen atoms in total. The molecule has 37 heavy (non-hydrogen) atoms. The molecule has 0 bridgehead atoms. The smallest absolute Gasteiger partial charge is 0.264 e. The molecule has 0 radical (unpaired) electrons. The van der Waals surface area contributed by atoms with Gasteiger partial charge in [-0.1, -0.05) is 52.3 Å². The molecular weight excluding hydrogens is 554 g/mol. The van der Waals surface area contributed by atoms with Gasteiger partial charge in [-0.3, -0.25) is 13.9 Å². The number of nitrogens with zero attached hydrogens (tertiary/aromatic N) is 2. The number of likely N-dealkylation sites (N-methyl/N-ethyl adjacent to an activating group) is 1. The maximum Gasteiger partial charge on any atom is 0.264 e. The van der Waals surface area contributed by atoms with Crippen molar-refractivity contribution in [2.45, 2.75) is 45.2 Å². The number of carbonyl (C=O) groups is 2. The van der Waals surface area contributed by atoms with Crippen LogP contribution < -0.4 is 9.62 Å². The average Bonchev–Trinajstić information content (AvgIpc) is 2.88. The molecule has 0 heterocycles. The van der Waals surface area contributed by atoms with Gasteiger partial charge in [0.1, 0.15) is 12.6 Å². The quantitative estimate of drug-likeness (QED) is 0.370. The number of aryl methyl sites for hydroxylation is 2.